The molecule has 1 amide bonds. The number of hydrogen-bond donors (Lipinski definition) is 0. The van der Waals surface area contributed by atoms with E-state index in [0.29, 0.717) is 0 Å². The summed E-state index contributed by atoms with van der Waals surface area (Å²) in [5.74, 6) is 0.0425. The number of piperazine rings is 1. The smallest absolute Gasteiger partial charge is 0.246 e. The van der Waals surface area contributed by atoms with Gasteiger partial charge in [0.15, 0.2) is 0 Å². The highest BCUT2D eigenvalue weighted by Crippen LogP contribution is 2.24. The maximum atomic E-state index is 13.0. The Morgan fingerprint density at radius 3 is 2.29 bits per heavy atom. The molecule has 0 atom stereocenters. The summed E-state index contributed by atoms with van der Waals surface area (Å²) in [5, 5.41) is 4.83. The number of nitrogens with zero attached hydrogens (tertiary/aromatic N) is 5. The van der Waals surface area contributed by atoms with Crippen LogP contribution in [0.5, 0.6) is 0 Å². The van der Waals surface area contributed by atoms with E-state index in [4.69, 9.17) is 5.10 Å². The molecule has 1 saturated heterocycles. The number of benzene rings is 2. The summed E-state index contributed by atoms with van der Waals surface area (Å²) in [4.78, 5) is 21.7. The monoisotopic (exact) mass is 463 g/mol. The number of pyridine rings is 1. The van der Waals surface area contributed by atoms with Crippen LogP contribution in [0.1, 0.15) is 11.3 Å². The van der Waals surface area contributed by atoms with E-state index in [-0.39, 0.29) is 5.91 Å². The van der Waals surface area contributed by atoms with Gasteiger partial charge in [0, 0.05) is 74.4 Å². The molecule has 1 aliphatic rings. The summed E-state index contributed by atoms with van der Waals surface area (Å²) >= 11 is 0. The van der Waals surface area contributed by atoms with Crippen LogP contribution < -0.4 is 0 Å². The van der Waals surface area contributed by atoms with Crippen molar-refractivity contribution in [2.24, 2.45) is 0 Å². The molecule has 2 aromatic heterocycles. The minimum Gasteiger partial charge on any atom is -0.337 e. The molecule has 2 aromatic carbocycles. The van der Waals surface area contributed by atoms with Crippen LogP contribution in [0.15, 0.2) is 97.3 Å². The van der Waals surface area contributed by atoms with E-state index < -0.39 is 0 Å². The molecule has 0 unspecified atom stereocenters. The zero-order chi connectivity index (χ0) is 23.9. The molecule has 5 rings (SSSR count). The van der Waals surface area contributed by atoms with Crippen molar-refractivity contribution in [3.63, 3.8) is 0 Å². The zero-order valence-electron chi connectivity index (χ0n) is 19.7. The van der Waals surface area contributed by atoms with E-state index in [2.05, 4.69) is 16.0 Å². The fraction of sp³-hybridized carbons (Fsp3) is 0.207. The maximum absolute atomic E-state index is 13.0. The van der Waals surface area contributed by atoms with Crippen LogP contribution in [0.25, 0.3) is 23.0 Å². The average Bonchev–Trinajstić information content (AvgIpc) is 3.37. The summed E-state index contributed by atoms with van der Waals surface area (Å²) in [6.45, 7) is 4.20. The summed E-state index contributed by atoms with van der Waals surface area (Å²) in [6.07, 6.45) is 8.33. The molecule has 0 spiro atoms. The summed E-state index contributed by atoms with van der Waals surface area (Å²) in [5.41, 5.74) is 4.90. The molecule has 0 radical (unpaired) electrons. The summed E-state index contributed by atoms with van der Waals surface area (Å²) in [7, 11) is 0. The Labute approximate surface area is 206 Å². The lowest BCUT2D eigenvalue weighted by Gasteiger charge is -2.34. The molecule has 0 saturated carbocycles. The van der Waals surface area contributed by atoms with Crippen LogP contribution in [0.3, 0.4) is 0 Å². The molecule has 1 fully saturated rings. The molecule has 1 aliphatic heterocycles. The molecule has 176 valence electrons. The van der Waals surface area contributed by atoms with Crippen LogP contribution in [0.2, 0.25) is 0 Å². The van der Waals surface area contributed by atoms with Gasteiger partial charge in [-0.25, -0.2) is 4.68 Å². The molecule has 0 aliphatic carbocycles. The quantitative estimate of drug-likeness (QED) is 0.383. The number of carbonyl (C=O) groups is 1. The first kappa shape index (κ1) is 22.7. The number of aromatic nitrogens is 3. The van der Waals surface area contributed by atoms with Crippen molar-refractivity contribution in [2.75, 3.05) is 32.7 Å². The first-order chi connectivity index (χ1) is 17.3. The molecule has 0 N–H and O–H groups in total. The molecular weight excluding hydrogens is 434 g/mol. The van der Waals surface area contributed by atoms with Crippen LogP contribution in [-0.2, 0) is 11.2 Å². The number of carbonyl (C=O) groups excluding carboxylic acids is 1. The first-order valence-corrected chi connectivity index (χ1v) is 12.1. The normalized spacial score (nSPS) is 14.5. The van der Waals surface area contributed by atoms with E-state index in [1.165, 1.54) is 0 Å². The summed E-state index contributed by atoms with van der Waals surface area (Å²) in [6, 6.07) is 26.1. The minimum atomic E-state index is 0.0425. The second-order valence-corrected chi connectivity index (χ2v) is 8.65. The van der Waals surface area contributed by atoms with Crippen LogP contribution in [0, 0.1) is 0 Å². The van der Waals surface area contributed by atoms with Gasteiger partial charge in [-0.05, 0) is 30.3 Å². The Hall–Kier alpha value is -4.03. The van der Waals surface area contributed by atoms with E-state index in [0.717, 1.165) is 67.3 Å². The van der Waals surface area contributed by atoms with Crippen molar-refractivity contribution >= 4 is 12.0 Å². The Morgan fingerprint density at radius 1 is 0.857 bits per heavy atom. The predicted molar refractivity (Wildman–Crippen MR) is 139 cm³/mol. The Balaban J connectivity index is 1.24. The highest BCUT2D eigenvalue weighted by atomic mass is 16.2. The van der Waals surface area contributed by atoms with Crippen molar-refractivity contribution < 1.29 is 4.79 Å². The fourth-order valence-electron chi connectivity index (χ4n) is 4.32. The van der Waals surface area contributed by atoms with Gasteiger partial charge in [0.25, 0.3) is 0 Å². The van der Waals surface area contributed by atoms with E-state index in [1.807, 2.05) is 101 Å². The predicted octanol–water partition coefficient (Wildman–Crippen LogP) is 4.33. The molecule has 35 heavy (non-hydrogen) atoms. The van der Waals surface area contributed by atoms with Crippen LogP contribution >= 0.6 is 0 Å². The lowest BCUT2D eigenvalue weighted by molar-refractivity contribution is -0.127. The third kappa shape index (κ3) is 5.73. The van der Waals surface area contributed by atoms with Gasteiger partial charge in [-0.2, -0.15) is 5.10 Å². The second kappa shape index (κ2) is 10.9. The number of hydrogen-bond acceptors (Lipinski definition) is 4. The summed E-state index contributed by atoms with van der Waals surface area (Å²) < 4.78 is 1.87. The lowest BCUT2D eigenvalue weighted by Crippen LogP contribution is -2.48. The van der Waals surface area contributed by atoms with Gasteiger partial charge in [0.05, 0.1) is 11.4 Å². The number of para-hydroxylation sites is 1. The molecule has 3 heterocycles. The van der Waals surface area contributed by atoms with Gasteiger partial charge in [-0.15, -0.1) is 0 Å². The second-order valence-electron chi connectivity index (χ2n) is 8.65. The van der Waals surface area contributed by atoms with Gasteiger partial charge in [0.1, 0.15) is 0 Å². The molecule has 0 bridgehead atoms. The SMILES string of the molecule is O=C(/C=C/c1cn(-c2ccccc2)nc1-c1ccccc1)N1CCN(CCc2ccccn2)CC1. The van der Waals surface area contributed by atoms with Gasteiger partial charge in [0.2, 0.25) is 5.91 Å². The van der Waals surface area contributed by atoms with E-state index in [9.17, 15) is 4.79 Å². The van der Waals surface area contributed by atoms with E-state index in [1.54, 1.807) is 6.08 Å². The average molecular weight is 464 g/mol. The van der Waals surface area contributed by atoms with Crippen molar-refractivity contribution in [2.45, 2.75) is 6.42 Å². The largest absolute Gasteiger partial charge is 0.337 e. The van der Waals surface area contributed by atoms with Crippen LogP contribution in [0.4, 0.5) is 0 Å². The Bertz CT molecular complexity index is 1260. The van der Waals surface area contributed by atoms with Crippen molar-refractivity contribution in [1.82, 2.24) is 24.6 Å². The lowest BCUT2D eigenvalue weighted by atomic mass is 10.1. The molecule has 4 aromatic rings. The van der Waals surface area contributed by atoms with Gasteiger partial charge in [-0.3, -0.25) is 14.7 Å². The van der Waals surface area contributed by atoms with Crippen molar-refractivity contribution in [1.29, 1.82) is 0 Å². The highest BCUT2D eigenvalue weighted by molar-refractivity contribution is 5.93. The standard InChI is InChI=1S/C29H29N5O/c35-28(33-21-19-32(20-22-33)18-16-26-11-7-8-17-30-26)15-14-25-23-34(27-12-5-2-6-13-27)31-29(25)24-9-3-1-4-10-24/h1-15,17,23H,16,18-22H2/b15-14+. The fourth-order valence-corrected chi connectivity index (χ4v) is 4.32. The van der Waals surface area contributed by atoms with Crippen molar-refractivity contribution in [3.05, 3.63) is 109 Å². The Morgan fingerprint density at radius 2 is 1.57 bits per heavy atom. The highest BCUT2D eigenvalue weighted by Gasteiger charge is 2.20. The third-order valence-electron chi connectivity index (χ3n) is 6.31. The number of rotatable bonds is 7. The van der Waals surface area contributed by atoms with Gasteiger partial charge >= 0.3 is 0 Å². The van der Waals surface area contributed by atoms with Gasteiger partial charge < -0.3 is 4.90 Å². The third-order valence-corrected chi connectivity index (χ3v) is 6.31. The maximum Gasteiger partial charge on any atom is 0.246 e. The van der Waals surface area contributed by atoms with Gasteiger partial charge in [-0.1, -0.05) is 54.6 Å². The minimum absolute atomic E-state index is 0.0425. The molecular formula is C29H29N5O. The number of amides is 1. The first-order valence-electron chi connectivity index (χ1n) is 12.1. The van der Waals surface area contributed by atoms with Crippen LogP contribution in [-0.4, -0.2) is 63.2 Å². The van der Waals surface area contributed by atoms with E-state index >= 15 is 0 Å². The zero-order valence-corrected chi connectivity index (χ0v) is 19.7. The Kier molecular flexibility index (Phi) is 7.10. The molecule has 6 heteroatoms. The molecule has 6 nitrogen and oxygen atoms in total. The van der Waals surface area contributed by atoms with Crippen molar-refractivity contribution in [3.8, 4) is 16.9 Å². The topological polar surface area (TPSA) is 54.3 Å².